The number of benzene rings is 1. The molecule has 3 N–H and O–H groups in total. The number of nitrogens with zero attached hydrogens (tertiary/aromatic N) is 1. The van der Waals surface area contributed by atoms with E-state index in [-0.39, 0.29) is 17.6 Å². The van der Waals surface area contributed by atoms with E-state index in [9.17, 15) is 9.90 Å². The number of hydrogen-bond donors (Lipinski definition) is 2. The molecule has 0 radical (unpaired) electrons. The molecule has 4 nitrogen and oxygen atoms in total. The molecule has 0 atom stereocenters. The zero-order valence-electron chi connectivity index (χ0n) is 12.1. The van der Waals surface area contributed by atoms with Crippen LogP contribution in [0.2, 0.25) is 0 Å². The van der Waals surface area contributed by atoms with Crippen LogP contribution in [0.3, 0.4) is 0 Å². The SMILES string of the molecule is CN(Cc1cccc(O)c1)C(=O)C1CCC(CN)CC1. The number of carbonyl (C=O) groups is 1. The highest BCUT2D eigenvalue weighted by molar-refractivity contribution is 5.78. The van der Waals surface area contributed by atoms with Crippen LogP contribution in [-0.2, 0) is 11.3 Å². The van der Waals surface area contributed by atoms with Gasteiger partial charge in [0, 0.05) is 19.5 Å². The van der Waals surface area contributed by atoms with Gasteiger partial charge in [-0.25, -0.2) is 0 Å². The maximum absolute atomic E-state index is 12.4. The zero-order chi connectivity index (χ0) is 14.5. The van der Waals surface area contributed by atoms with Crippen LogP contribution >= 0.6 is 0 Å². The Morgan fingerprint density at radius 1 is 1.35 bits per heavy atom. The minimum atomic E-state index is 0.139. The summed E-state index contributed by atoms with van der Waals surface area (Å²) in [5.41, 5.74) is 6.64. The molecule has 1 aromatic rings. The highest BCUT2D eigenvalue weighted by Crippen LogP contribution is 2.29. The van der Waals surface area contributed by atoms with Gasteiger partial charge in [-0.15, -0.1) is 0 Å². The van der Waals surface area contributed by atoms with Gasteiger partial charge in [-0.1, -0.05) is 12.1 Å². The second-order valence-corrected chi connectivity index (χ2v) is 5.82. The van der Waals surface area contributed by atoms with E-state index >= 15 is 0 Å². The number of phenols is 1. The zero-order valence-corrected chi connectivity index (χ0v) is 12.1. The molecule has 0 aromatic heterocycles. The Morgan fingerprint density at radius 3 is 2.65 bits per heavy atom. The molecule has 0 heterocycles. The van der Waals surface area contributed by atoms with Crippen molar-refractivity contribution in [2.24, 2.45) is 17.6 Å². The number of amides is 1. The largest absolute Gasteiger partial charge is 0.508 e. The van der Waals surface area contributed by atoms with Gasteiger partial charge in [0.25, 0.3) is 0 Å². The molecule has 0 spiro atoms. The van der Waals surface area contributed by atoms with Gasteiger partial charge >= 0.3 is 0 Å². The summed E-state index contributed by atoms with van der Waals surface area (Å²) < 4.78 is 0. The molecule has 1 amide bonds. The first-order valence-electron chi connectivity index (χ1n) is 7.33. The first-order valence-corrected chi connectivity index (χ1v) is 7.33. The summed E-state index contributed by atoms with van der Waals surface area (Å²) in [6.45, 7) is 1.28. The summed E-state index contributed by atoms with van der Waals surface area (Å²) in [5.74, 6) is 1.19. The van der Waals surface area contributed by atoms with E-state index in [1.54, 1.807) is 23.1 Å². The van der Waals surface area contributed by atoms with Gasteiger partial charge < -0.3 is 15.7 Å². The summed E-state index contributed by atoms with van der Waals surface area (Å²) in [6, 6.07) is 7.07. The van der Waals surface area contributed by atoms with Crippen LogP contribution in [0.1, 0.15) is 31.2 Å². The Hall–Kier alpha value is -1.55. The van der Waals surface area contributed by atoms with Gasteiger partial charge in [0.05, 0.1) is 0 Å². The van der Waals surface area contributed by atoms with Gasteiger partial charge in [-0.05, 0) is 55.8 Å². The monoisotopic (exact) mass is 276 g/mol. The Morgan fingerprint density at radius 2 is 2.05 bits per heavy atom. The van der Waals surface area contributed by atoms with Crippen molar-refractivity contribution in [3.8, 4) is 5.75 Å². The summed E-state index contributed by atoms with van der Waals surface area (Å²) >= 11 is 0. The highest BCUT2D eigenvalue weighted by Gasteiger charge is 2.27. The van der Waals surface area contributed by atoms with Crippen molar-refractivity contribution >= 4 is 5.91 Å². The molecule has 1 aromatic carbocycles. The fourth-order valence-corrected chi connectivity index (χ4v) is 2.96. The third-order valence-electron chi connectivity index (χ3n) is 4.24. The van der Waals surface area contributed by atoms with Gasteiger partial charge in [0.1, 0.15) is 5.75 Å². The quantitative estimate of drug-likeness (QED) is 0.885. The van der Waals surface area contributed by atoms with Gasteiger partial charge in [-0.2, -0.15) is 0 Å². The first kappa shape index (κ1) is 14.9. The number of phenolic OH excluding ortho intramolecular Hbond substituents is 1. The second kappa shape index (κ2) is 6.75. The predicted molar refractivity (Wildman–Crippen MR) is 79.1 cm³/mol. The van der Waals surface area contributed by atoms with Crippen LogP contribution < -0.4 is 5.73 Å². The molecule has 20 heavy (non-hydrogen) atoms. The van der Waals surface area contributed by atoms with Crippen molar-refractivity contribution < 1.29 is 9.90 Å². The second-order valence-electron chi connectivity index (χ2n) is 5.82. The Labute approximate surface area is 120 Å². The lowest BCUT2D eigenvalue weighted by Gasteiger charge is -2.30. The van der Waals surface area contributed by atoms with Gasteiger partial charge in [-0.3, -0.25) is 4.79 Å². The lowest BCUT2D eigenvalue weighted by Crippen LogP contribution is -2.35. The van der Waals surface area contributed by atoms with E-state index in [2.05, 4.69) is 0 Å². The lowest BCUT2D eigenvalue weighted by molar-refractivity contribution is -0.136. The van der Waals surface area contributed by atoms with E-state index in [0.717, 1.165) is 37.8 Å². The summed E-state index contributed by atoms with van der Waals surface area (Å²) in [5, 5.41) is 9.45. The van der Waals surface area contributed by atoms with Crippen LogP contribution in [0.15, 0.2) is 24.3 Å². The van der Waals surface area contributed by atoms with Crippen molar-refractivity contribution in [3.63, 3.8) is 0 Å². The molecule has 2 rings (SSSR count). The number of hydrogen-bond acceptors (Lipinski definition) is 3. The highest BCUT2D eigenvalue weighted by atomic mass is 16.3. The molecular formula is C16H24N2O2. The van der Waals surface area contributed by atoms with Crippen molar-refractivity contribution in [2.45, 2.75) is 32.2 Å². The van der Waals surface area contributed by atoms with Crippen molar-refractivity contribution in [1.82, 2.24) is 4.90 Å². The minimum Gasteiger partial charge on any atom is -0.508 e. The number of nitrogens with two attached hydrogens (primary N) is 1. The first-order chi connectivity index (χ1) is 9.60. The van der Waals surface area contributed by atoms with Gasteiger partial charge in [0.2, 0.25) is 5.91 Å². The molecule has 0 saturated heterocycles. The van der Waals surface area contributed by atoms with E-state index in [4.69, 9.17) is 5.73 Å². The molecule has 4 heteroatoms. The van der Waals surface area contributed by atoms with Crippen LogP contribution in [-0.4, -0.2) is 29.5 Å². The average molecular weight is 276 g/mol. The van der Waals surface area contributed by atoms with Crippen LogP contribution in [0, 0.1) is 11.8 Å². The minimum absolute atomic E-state index is 0.139. The Bertz CT molecular complexity index is 454. The van der Waals surface area contributed by atoms with Gasteiger partial charge in [0.15, 0.2) is 0 Å². The fourth-order valence-electron chi connectivity index (χ4n) is 2.96. The van der Waals surface area contributed by atoms with E-state index < -0.39 is 0 Å². The topological polar surface area (TPSA) is 66.6 Å². The number of carbonyl (C=O) groups excluding carboxylic acids is 1. The van der Waals surface area contributed by atoms with Crippen molar-refractivity contribution in [2.75, 3.05) is 13.6 Å². The molecule has 0 aliphatic heterocycles. The van der Waals surface area contributed by atoms with Crippen LogP contribution in [0.4, 0.5) is 0 Å². The third kappa shape index (κ3) is 3.73. The maximum atomic E-state index is 12.4. The predicted octanol–water partition coefficient (Wildman–Crippen LogP) is 2.12. The molecule has 110 valence electrons. The Balaban J connectivity index is 1.89. The molecule has 1 aliphatic carbocycles. The smallest absolute Gasteiger partial charge is 0.225 e. The third-order valence-corrected chi connectivity index (χ3v) is 4.24. The molecule has 1 saturated carbocycles. The molecule has 1 fully saturated rings. The Kier molecular flexibility index (Phi) is 5.01. The molecule has 0 unspecified atom stereocenters. The maximum Gasteiger partial charge on any atom is 0.225 e. The van der Waals surface area contributed by atoms with E-state index in [0.29, 0.717) is 12.5 Å². The molecular weight excluding hydrogens is 252 g/mol. The molecule has 0 bridgehead atoms. The molecule has 1 aliphatic rings. The standard InChI is InChI=1S/C16H24N2O2/c1-18(11-13-3-2-4-15(19)9-13)16(20)14-7-5-12(10-17)6-8-14/h2-4,9,12,14,19H,5-8,10-11,17H2,1H3. The summed E-state index contributed by atoms with van der Waals surface area (Å²) in [7, 11) is 1.83. The number of rotatable bonds is 4. The van der Waals surface area contributed by atoms with E-state index in [1.165, 1.54) is 0 Å². The van der Waals surface area contributed by atoms with Crippen molar-refractivity contribution in [1.29, 1.82) is 0 Å². The average Bonchev–Trinajstić information content (AvgIpc) is 2.46. The lowest BCUT2D eigenvalue weighted by atomic mass is 9.81. The van der Waals surface area contributed by atoms with Crippen LogP contribution in [0.25, 0.3) is 0 Å². The van der Waals surface area contributed by atoms with E-state index in [1.807, 2.05) is 13.1 Å². The normalized spacial score (nSPS) is 22.5. The van der Waals surface area contributed by atoms with Crippen molar-refractivity contribution in [3.05, 3.63) is 29.8 Å². The summed E-state index contributed by atoms with van der Waals surface area (Å²) in [6.07, 6.45) is 4.02. The summed E-state index contributed by atoms with van der Waals surface area (Å²) in [4.78, 5) is 14.2. The fraction of sp³-hybridized carbons (Fsp3) is 0.562. The number of aromatic hydroxyl groups is 1. The van der Waals surface area contributed by atoms with Crippen LogP contribution in [0.5, 0.6) is 5.75 Å².